The molecule has 0 aromatic heterocycles. The molecule has 0 unspecified atom stereocenters. The van der Waals surface area contributed by atoms with E-state index in [1.54, 1.807) is 24.3 Å². The molecule has 3 nitrogen and oxygen atoms in total. The zero-order valence-electron chi connectivity index (χ0n) is 15.4. The van der Waals surface area contributed by atoms with Gasteiger partial charge in [-0.25, -0.2) is 0 Å². The number of rotatable bonds is 5. The van der Waals surface area contributed by atoms with Crippen molar-refractivity contribution in [3.05, 3.63) is 59.7 Å². The maximum absolute atomic E-state index is 13.2. The average Bonchev–Trinajstić information content (AvgIpc) is 2.55. The number of benzene rings is 2. The minimum atomic E-state index is -1.59. The smallest absolute Gasteiger partial charge is 0.145 e. The third kappa shape index (κ3) is 4.87. The highest BCUT2D eigenvalue weighted by Crippen LogP contribution is 2.31. The standard InChI is InChI=1S/C20H26O3S2/c1-14-6-10-16(11-7-14)24(22)19(18(21)20(3,4)5)25(23)17-12-8-15(2)9-13-17/h6-13,18-19,21H,1-5H3/t18-,24+,25+/m1/s1. The van der Waals surface area contributed by atoms with E-state index in [-0.39, 0.29) is 0 Å². The molecule has 0 aliphatic carbocycles. The van der Waals surface area contributed by atoms with E-state index < -0.39 is 37.7 Å². The first kappa shape index (κ1) is 20.0. The molecule has 25 heavy (non-hydrogen) atoms. The molecular formula is C20H26O3S2. The summed E-state index contributed by atoms with van der Waals surface area (Å²) >= 11 is 0. The van der Waals surface area contributed by atoms with Crippen molar-refractivity contribution >= 4 is 21.6 Å². The molecule has 0 spiro atoms. The van der Waals surface area contributed by atoms with Gasteiger partial charge in [-0.15, -0.1) is 0 Å². The van der Waals surface area contributed by atoms with Gasteiger partial charge in [-0.05, 0) is 43.5 Å². The lowest BCUT2D eigenvalue weighted by molar-refractivity contribution is 0.0759. The van der Waals surface area contributed by atoms with Crippen LogP contribution in [0.2, 0.25) is 0 Å². The third-order valence-corrected chi connectivity index (χ3v) is 7.96. The van der Waals surface area contributed by atoms with Crippen molar-refractivity contribution in [2.24, 2.45) is 5.41 Å². The summed E-state index contributed by atoms with van der Waals surface area (Å²) in [6, 6.07) is 14.6. The lowest BCUT2D eigenvalue weighted by Crippen LogP contribution is -2.43. The van der Waals surface area contributed by atoms with Crippen molar-refractivity contribution in [1.82, 2.24) is 0 Å². The molecular weight excluding hydrogens is 352 g/mol. The van der Waals surface area contributed by atoms with Gasteiger partial charge in [-0.2, -0.15) is 0 Å². The zero-order chi connectivity index (χ0) is 18.8. The van der Waals surface area contributed by atoms with Gasteiger partial charge >= 0.3 is 0 Å². The van der Waals surface area contributed by atoms with E-state index in [0.29, 0.717) is 9.79 Å². The molecule has 2 rings (SSSR count). The summed E-state index contributed by atoms with van der Waals surface area (Å²) in [7, 11) is -3.18. The summed E-state index contributed by atoms with van der Waals surface area (Å²) in [6.07, 6.45) is -0.975. The van der Waals surface area contributed by atoms with Crippen LogP contribution in [-0.2, 0) is 21.6 Å². The second kappa shape index (κ2) is 7.94. The molecule has 0 heterocycles. The molecule has 0 aliphatic heterocycles. The van der Waals surface area contributed by atoms with Gasteiger partial charge in [0.15, 0.2) is 0 Å². The number of hydrogen-bond acceptors (Lipinski definition) is 3. The molecule has 5 heteroatoms. The highest BCUT2D eigenvalue weighted by molar-refractivity contribution is 8.03. The van der Waals surface area contributed by atoms with Gasteiger partial charge in [0.25, 0.3) is 0 Å². The topological polar surface area (TPSA) is 54.4 Å². The monoisotopic (exact) mass is 378 g/mol. The van der Waals surface area contributed by atoms with Gasteiger partial charge in [-0.3, -0.25) is 8.42 Å². The lowest BCUT2D eigenvalue weighted by atomic mass is 9.90. The van der Waals surface area contributed by atoms with E-state index in [9.17, 15) is 13.5 Å². The van der Waals surface area contributed by atoms with Gasteiger partial charge < -0.3 is 5.11 Å². The van der Waals surface area contributed by atoms with Crippen molar-refractivity contribution < 1.29 is 13.5 Å². The van der Waals surface area contributed by atoms with Crippen molar-refractivity contribution in [1.29, 1.82) is 0 Å². The maximum Gasteiger partial charge on any atom is 0.145 e. The Balaban J connectivity index is 2.45. The highest BCUT2D eigenvalue weighted by Gasteiger charge is 2.39. The van der Waals surface area contributed by atoms with E-state index >= 15 is 0 Å². The average molecular weight is 379 g/mol. The fraction of sp³-hybridized carbons (Fsp3) is 0.400. The number of aryl methyl sites for hydroxylation is 2. The molecule has 0 saturated carbocycles. The van der Waals surface area contributed by atoms with Crippen molar-refractivity contribution in [3.63, 3.8) is 0 Å². The molecule has 0 amide bonds. The van der Waals surface area contributed by atoms with E-state index in [2.05, 4.69) is 0 Å². The summed E-state index contributed by atoms with van der Waals surface area (Å²) in [6.45, 7) is 9.51. The van der Waals surface area contributed by atoms with E-state index in [1.807, 2.05) is 58.9 Å². The normalized spacial score (nSPS) is 15.8. The van der Waals surface area contributed by atoms with Gasteiger partial charge in [-0.1, -0.05) is 56.2 Å². The maximum atomic E-state index is 13.2. The van der Waals surface area contributed by atoms with Crippen LogP contribution < -0.4 is 0 Å². The molecule has 0 bridgehead atoms. The molecule has 2 aromatic carbocycles. The molecule has 136 valence electrons. The minimum absolute atomic E-state index is 0.536. The molecule has 0 fully saturated rings. The first-order valence-electron chi connectivity index (χ1n) is 8.24. The number of aliphatic hydroxyl groups is 1. The predicted molar refractivity (Wildman–Crippen MR) is 104 cm³/mol. The Hall–Kier alpha value is -1.30. The molecule has 1 N–H and O–H groups in total. The summed E-state index contributed by atoms with van der Waals surface area (Å²) in [5, 5.41) is 10.8. The van der Waals surface area contributed by atoms with Gasteiger partial charge in [0.1, 0.15) is 4.58 Å². The van der Waals surface area contributed by atoms with E-state index in [1.165, 1.54) is 0 Å². The van der Waals surface area contributed by atoms with E-state index in [4.69, 9.17) is 0 Å². The van der Waals surface area contributed by atoms with Gasteiger partial charge in [0.2, 0.25) is 0 Å². The lowest BCUT2D eigenvalue weighted by Gasteiger charge is -2.32. The predicted octanol–water partition coefficient (Wildman–Crippen LogP) is 3.95. The Labute approximate surface area is 155 Å². The van der Waals surface area contributed by atoms with Crippen LogP contribution >= 0.6 is 0 Å². The summed E-state index contributed by atoms with van der Waals surface area (Å²) in [5.41, 5.74) is 1.59. The number of hydrogen-bond donors (Lipinski definition) is 1. The SMILES string of the molecule is Cc1ccc([S@](=O)C([C@@H](O)C(C)(C)C)[S@@](=O)c2ccc(C)cc2)cc1. The molecule has 0 radical (unpaired) electrons. The fourth-order valence-electron chi connectivity index (χ4n) is 2.33. The van der Waals surface area contributed by atoms with Crippen LogP contribution in [0.1, 0.15) is 31.9 Å². The summed E-state index contributed by atoms with van der Waals surface area (Å²) < 4.78 is 25.5. The first-order chi connectivity index (χ1) is 11.6. The Morgan fingerprint density at radius 1 is 0.760 bits per heavy atom. The van der Waals surface area contributed by atoms with Gasteiger partial charge in [0.05, 0.1) is 27.7 Å². The molecule has 3 atom stereocenters. The van der Waals surface area contributed by atoms with Crippen LogP contribution in [0.15, 0.2) is 58.3 Å². The molecule has 0 saturated heterocycles. The Bertz CT molecular complexity index is 702. The van der Waals surface area contributed by atoms with Crippen LogP contribution in [0.5, 0.6) is 0 Å². The fourth-order valence-corrected chi connectivity index (χ4v) is 6.27. The van der Waals surface area contributed by atoms with Crippen molar-refractivity contribution in [2.45, 2.75) is 55.1 Å². The third-order valence-electron chi connectivity index (χ3n) is 4.07. The van der Waals surface area contributed by atoms with Crippen molar-refractivity contribution in [2.75, 3.05) is 0 Å². The largest absolute Gasteiger partial charge is 0.390 e. The Morgan fingerprint density at radius 2 is 1.08 bits per heavy atom. The first-order valence-corrected chi connectivity index (χ1v) is 10.7. The minimum Gasteiger partial charge on any atom is -0.390 e. The van der Waals surface area contributed by atoms with Crippen molar-refractivity contribution in [3.8, 4) is 0 Å². The second-order valence-corrected chi connectivity index (χ2v) is 10.8. The molecule has 0 aliphatic rings. The van der Waals surface area contributed by atoms with Crippen LogP contribution in [0.4, 0.5) is 0 Å². The molecule has 2 aromatic rings. The summed E-state index contributed by atoms with van der Waals surface area (Å²) in [5.74, 6) is 0. The van der Waals surface area contributed by atoms with Gasteiger partial charge in [0, 0.05) is 9.79 Å². The zero-order valence-corrected chi connectivity index (χ0v) is 17.0. The highest BCUT2D eigenvalue weighted by atomic mass is 32.2. The number of aliphatic hydroxyl groups excluding tert-OH is 1. The Morgan fingerprint density at radius 3 is 1.36 bits per heavy atom. The second-order valence-electron chi connectivity index (χ2n) is 7.40. The Kier molecular flexibility index (Phi) is 6.35. The van der Waals surface area contributed by atoms with Crippen LogP contribution in [0, 0.1) is 19.3 Å². The van der Waals surface area contributed by atoms with E-state index in [0.717, 1.165) is 11.1 Å². The van der Waals surface area contributed by atoms with Crippen LogP contribution in [0.3, 0.4) is 0 Å². The quantitative estimate of drug-likeness (QED) is 0.857. The van der Waals surface area contributed by atoms with Crippen LogP contribution in [-0.4, -0.2) is 24.2 Å². The van der Waals surface area contributed by atoms with Crippen LogP contribution in [0.25, 0.3) is 0 Å². The summed E-state index contributed by atoms with van der Waals surface area (Å²) in [4.78, 5) is 1.17.